The Kier molecular flexibility index (Phi) is 5.92. The SMILES string of the molecule is Cc1ccccc1-c1noc(CN2CCN(CN3C(=O)NC4(CCCCC4C)C3=O)CC2)n1. The van der Waals surface area contributed by atoms with Crippen molar-refractivity contribution in [2.24, 2.45) is 5.92 Å². The minimum Gasteiger partial charge on any atom is -0.338 e. The van der Waals surface area contributed by atoms with Crippen molar-refractivity contribution in [3.8, 4) is 11.4 Å². The lowest BCUT2D eigenvalue weighted by Gasteiger charge is -2.38. The molecule has 2 unspecified atom stereocenters. The number of imide groups is 1. The molecule has 1 saturated carbocycles. The van der Waals surface area contributed by atoms with Crippen molar-refractivity contribution in [2.45, 2.75) is 51.6 Å². The van der Waals surface area contributed by atoms with Crippen LogP contribution in [0.25, 0.3) is 11.4 Å². The largest absolute Gasteiger partial charge is 0.338 e. The summed E-state index contributed by atoms with van der Waals surface area (Å²) in [4.78, 5) is 36.3. The van der Waals surface area contributed by atoms with E-state index in [0.29, 0.717) is 24.9 Å². The standard InChI is InChI=1S/C24H32N6O3/c1-17-7-3-4-9-19(17)21-25-20(33-27-21)15-28-11-13-29(14-12-28)16-30-22(31)24(26-23(30)32)10-6-5-8-18(24)2/h3-4,7,9,18H,5-6,8,10-16H2,1-2H3,(H,26,32). The summed E-state index contributed by atoms with van der Waals surface area (Å²) in [5, 5.41) is 7.19. The molecule has 0 radical (unpaired) electrons. The van der Waals surface area contributed by atoms with Crippen LogP contribution in [-0.2, 0) is 11.3 Å². The number of rotatable bonds is 5. The summed E-state index contributed by atoms with van der Waals surface area (Å²) in [5.41, 5.74) is 1.41. The highest BCUT2D eigenvalue weighted by atomic mass is 16.5. The first kappa shape index (κ1) is 22.0. The van der Waals surface area contributed by atoms with Gasteiger partial charge in [-0.25, -0.2) is 9.69 Å². The average molecular weight is 453 g/mol. The Morgan fingerprint density at radius 3 is 2.64 bits per heavy atom. The maximum Gasteiger partial charge on any atom is 0.326 e. The van der Waals surface area contributed by atoms with Gasteiger partial charge in [0.25, 0.3) is 5.91 Å². The van der Waals surface area contributed by atoms with E-state index in [1.807, 2.05) is 31.2 Å². The van der Waals surface area contributed by atoms with Crippen molar-refractivity contribution >= 4 is 11.9 Å². The first-order chi connectivity index (χ1) is 16.0. The van der Waals surface area contributed by atoms with E-state index >= 15 is 0 Å². The predicted molar refractivity (Wildman–Crippen MR) is 122 cm³/mol. The fourth-order valence-electron chi connectivity index (χ4n) is 5.36. The molecule has 9 heteroatoms. The van der Waals surface area contributed by atoms with Gasteiger partial charge in [0.1, 0.15) is 5.54 Å². The maximum absolute atomic E-state index is 13.2. The van der Waals surface area contributed by atoms with Crippen molar-refractivity contribution in [1.82, 2.24) is 30.2 Å². The minimum atomic E-state index is -0.691. The summed E-state index contributed by atoms with van der Waals surface area (Å²) in [6.45, 7) is 8.24. The number of amides is 3. The number of carbonyl (C=O) groups excluding carboxylic acids is 2. The summed E-state index contributed by atoms with van der Waals surface area (Å²) < 4.78 is 5.49. The van der Waals surface area contributed by atoms with Gasteiger partial charge in [-0.15, -0.1) is 0 Å². The van der Waals surface area contributed by atoms with Crippen LogP contribution >= 0.6 is 0 Å². The molecule has 2 aliphatic heterocycles. The molecule has 0 bridgehead atoms. The molecule has 1 aromatic heterocycles. The van der Waals surface area contributed by atoms with Gasteiger partial charge in [0.2, 0.25) is 11.7 Å². The molecule has 1 aliphatic carbocycles. The van der Waals surface area contributed by atoms with Gasteiger partial charge in [-0.2, -0.15) is 4.98 Å². The third-order valence-electron chi connectivity index (χ3n) is 7.52. The second-order valence-corrected chi connectivity index (χ2v) is 9.64. The molecule has 2 aromatic rings. The molecule has 2 saturated heterocycles. The van der Waals surface area contributed by atoms with Crippen molar-refractivity contribution in [2.75, 3.05) is 32.8 Å². The molecular formula is C24H32N6O3. The zero-order chi connectivity index (χ0) is 23.0. The van der Waals surface area contributed by atoms with Gasteiger partial charge in [0.05, 0.1) is 13.2 Å². The Hall–Kier alpha value is -2.78. The summed E-state index contributed by atoms with van der Waals surface area (Å²) in [6.07, 6.45) is 3.85. The lowest BCUT2D eigenvalue weighted by Crippen LogP contribution is -2.55. The molecule has 3 heterocycles. The molecule has 5 rings (SSSR count). The summed E-state index contributed by atoms with van der Waals surface area (Å²) in [7, 11) is 0. The van der Waals surface area contributed by atoms with Crippen LogP contribution in [0.3, 0.4) is 0 Å². The number of nitrogens with one attached hydrogen (secondary N) is 1. The Bertz CT molecular complexity index is 1030. The van der Waals surface area contributed by atoms with E-state index < -0.39 is 5.54 Å². The molecule has 33 heavy (non-hydrogen) atoms. The number of aromatic nitrogens is 2. The van der Waals surface area contributed by atoms with Crippen LogP contribution in [-0.4, -0.2) is 75.2 Å². The van der Waals surface area contributed by atoms with Crippen LogP contribution in [0.2, 0.25) is 0 Å². The normalized spacial score (nSPS) is 26.8. The van der Waals surface area contributed by atoms with Crippen LogP contribution in [0.15, 0.2) is 28.8 Å². The smallest absolute Gasteiger partial charge is 0.326 e. The van der Waals surface area contributed by atoms with Gasteiger partial charge in [0, 0.05) is 31.7 Å². The number of hydrogen-bond donors (Lipinski definition) is 1. The van der Waals surface area contributed by atoms with E-state index in [9.17, 15) is 9.59 Å². The number of benzene rings is 1. The zero-order valence-electron chi connectivity index (χ0n) is 19.4. The van der Waals surface area contributed by atoms with Crippen molar-refractivity contribution in [1.29, 1.82) is 0 Å². The van der Waals surface area contributed by atoms with Crippen molar-refractivity contribution in [3.63, 3.8) is 0 Å². The fourth-order valence-corrected chi connectivity index (χ4v) is 5.36. The van der Waals surface area contributed by atoms with E-state index in [1.165, 1.54) is 4.90 Å². The third-order valence-corrected chi connectivity index (χ3v) is 7.52. The number of hydrogen-bond acceptors (Lipinski definition) is 7. The predicted octanol–water partition coefficient (Wildman–Crippen LogP) is 2.62. The summed E-state index contributed by atoms with van der Waals surface area (Å²) >= 11 is 0. The number of nitrogens with zero attached hydrogens (tertiary/aromatic N) is 5. The lowest BCUT2D eigenvalue weighted by atomic mass is 9.73. The quantitative estimate of drug-likeness (QED) is 0.697. The summed E-state index contributed by atoms with van der Waals surface area (Å²) in [6, 6.07) is 7.75. The highest BCUT2D eigenvalue weighted by Gasteiger charge is 2.55. The van der Waals surface area contributed by atoms with Gasteiger partial charge in [-0.1, -0.05) is 49.2 Å². The Balaban J connectivity index is 1.15. The van der Waals surface area contributed by atoms with E-state index in [-0.39, 0.29) is 17.9 Å². The zero-order valence-corrected chi connectivity index (χ0v) is 19.4. The van der Waals surface area contributed by atoms with Gasteiger partial charge in [-0.05, 0) is 31.2 Å². The van der Waals surface area contributed by atoms with Crippen LogP contribution in [0.5, 0.6) is 0 Å². The van der Waals surface area contributed by atoms with Gasteiger partial charge in [-0.3, -0.25) is 14.6 Å². The number of piperazine rings is 1. The molecule has 3 fully saturated rings. The monoisotopic (exact) mass is 452 g/mol. The second-order valence-electron chi connectivity index (χ2n) is 9.64. The highest BCUT2D eigenvalue weighted by Crippen LogP contribution is 2.38. The fraction of sp³-hybridized carbons (Fsp3) is 0.583. The maximum atomic E-state index is 13.2. The first-order valence-electron chi connectivity index (χ1n) is 11.9. The molecular weight excluding hydrogens is 420 g/mol. The van der Waals surface area contributed by atoms with Crippen LogP contribution in [0, 0.1) is 12.8 Å². The first-order valence-corrected chi connectivity index (χ1v) is 11.9. The van der Waals surface area contributed by atoms with E-state index in [2.05, 4.69) is 32.2 Å². The van der Waals surface area contributed by atoms with E-state index in [4.69, 9.17) is 4.52 Å². The van der Waals surface area contributed by atoms with E-state index in [0.717, 1.165) is 63.0 Å². The third kappa shape index (κ3) is 4.15. The topological polar surface area (TPSA) is 94.8 Å². The van der Waals surface area contributed by atoms with Gasteiger partial charge >= 0.3 is 6.03 Å². The van der Waals surface area contributed by atoms with Crippen LogP contribution < -0.4 is 5.32 Å². The minimum absolute atomic E-state index is 0.0447. The number of carbonyl (C=O) groups is 2. The highest BCUT2D eigenvalue weighted by molar-refractivity contribution is 6.07. The van der Waals surface area contributed by atoms with E-state index in [1.54, 1.807) is 0 Å². The molecule has 1 N–H and O–H groups in total. The molecule has 176 valence electrons. The second kappa shape index (κ2) is 8.87. The van der Waals surface area contributed by atoms with Crippen molar-refractivity contribution < 1.29 is 14.1 Å². The average Bonchev–Trinajstić information content (AvgIpc) is 3.36. The Labute approximate surface area is 194 Å². The molecule has 1 spiro atoms. The molecule has 3 aliphatic rings. The van der Waals surface area contributed by atoms with Crippen LogP contribution in [0.1, 0.15) is 44.1 Å². The molecule has 1 aromatic carbocycles. The molecule has 9 nitrogen and oxygen atoms in total. The number of urea groups is 1. The van der Waals surface area contributed by atoms with Crippen LogP contribution in [0.4, 0.5) is 4.79 Å². The molecule has 2 atom stereocenters. The molecule has 3 amide bonds. The van der Waals surface area contributed by atoms with Gasteiger partial charge in [0.15, 0.2) is 0 Å². The van der Waals surface area contributed by atoms with Crippen molar-refractivity contribution in [3.05, 3.63) is 35.7 Å². The number of aryl methyl sites for hydroxylation is 1. The van der Waals surface area contributed by atoms with Gasteiger partial charge < -0.3 is 9.84 Å². The lowest BCUT2D eigenvalue weighted by molar-refractivity contribution is -0.136. The Morgan fingerprint density at radius 1 is 1.12 bits per heavy atom. The summed E-state index contributed by atoms with van der Waals surface area (Å²) in [5.74, 6) is 1.36. The Morgan fingerprint density at radius 2 is 1.88 bits per heavy atom.